The highest BCUT2D eigenvalue weighted by molar-refractivity contribution is 5.64. The van der Waals surface area contributed by atoms with E-state index in [1.807, 2.05) is 0 Å². The SMILES string of the molecule is CC(C)(C)N(N)C(=O)O.NC(O)COCCOCCOCCOCCOCCO. The minimum atomic E-state index is -1.11. The standard InChI is InChI=1S/C12H27NO7.C5H12N2O2/c13-12(15)11-20-10-9-19-8-7-18-6-5-17-4-3-16-2-1-14;1-5(2,3)7(6)4(8)9/h12,14-15H,1-11,13H2;6H2,1-3H3,(H,8,9). The summed E-state index contributed by atoms with van der Waals surface area (Å²) in [5.74, 6) is 5.13. The van der Waals surface area contributed by atoms with Crippen molar-refractivity contribution >= 4 is 6.09 Å². The Labute approximate surface area is 172 Å². The summed E-state index contributed by atoms with van der Waals surface area (Å²) in [7, 11) is 0. The molecule has 0 aromatic heterocycles. The Bertz CT molecular complexity index is 369. The summed E-state index contributed by atoms with van der Waals surface area (Å²) in [6, 6.07) is 0. The summed E-state index contributed by atoms with van der Waals surface area (Å²) < 4.78 is 25.8. The van der Waals surface area contributed by atoms with Gasteiger partial charge in [0, 0.05) is 0 Å². The lowest BCUT2D eigenvalue weighted by Crippen LogP contribution is -2.49. The van der Waals surface area contributed by atoms with Gasteiger partial charge in [-0.2, -0.15) is 0 Å². The quantitative estimate of drug-likeness (QED) is 0.0666. The highest BCUT2D eigenvalue weighted by Crippen LogP contribution is 2.07. The number of carboxylic acid groups (broad SMARTS) is 1. The van der Waals surface area contributed by atoms with Crippen molar-refractivity contribution in [2.24, 2.45) is 11.6 Å². The van der Waals surface area contributed by atoms with Gasteiger partial charge < -0.3 is 44.7 Å². The summed E-state index contributed by atoms with van der Waals surface area (Å²) in [5, 5.41) is 26.3. The molecule has 0 saturated heterocycles. The number of nitrogens with two attached hydrogens (primary N) is 2. The van der Waals surface area contributed by atoms with E-state index in [9.17, 15) is 4.79 Å². The first-order valence-corrected chi connectivity index (χ1v) is 9.34. The van der Waals surface area contributed by atoms with E-state index in [0.717, 1.165) is 5.01 Å². The molecule has 0 fully saturated rings. The van der Waals surface area contributed by atoms with E-state index in [1.54, 1.807) is 20.8 Å². The van der Waals surface area contributed by atoms with E-state index in [4.69, 9.17) is 50.6 Å². The molecule has 176 valence electrons. The molecule has 0 aromatic carbocycles. The van der Waals surface area contributed by atoms with Gasteiger partial charge in [-0.1, -0.05) is 0 Å². The second-order valence-corrected chi connectivity index (χ2v) is 6.64. The van der Waals surface area contributed by atoms with Crippen LogP contribution in [0.1, 0.15) is 20.8 Å². The highest BCUT2D eigenvalue weighted by atomic mass is 16.6. The third kappa shape index (κ3) is 24.9. The van der Waals surface area contributed by atoms with E-state index in [1.165, 1.54) is 0 Å². The number of hydrazine groups is 1. The van der Waals surface area contributed by atoms with Crippen molar-refractivity contribution in [3.63, 3.8) is 0 Å². The molecular weight excluding hydrogens is 390 g/mol. The molecular formula is C17H39N3O9. The summed E-state index contributed by atoms with van der Waals surface area (Å²) in [6.07, 6.45) is -2.05. The number of hydrogen-bond acceptors (Lipinski definition) is 10. The van der Waals surface area contributed by atoms with Gasteiger partial charge in [-0.15, -0.1) is 0 Å². The number of amides is 1. The molecule has 12 nitrogen and oxygen atoms in total. The summed E-state index contributed by atoms with van der Waals surface area (Å²) in [4.78, 5) is 10.1. The maximum Gasteiger partial charge on any atom is 0.422 e. The van der Waals surface area contributed by atoms with Crippen LogP contribution in [0.5, 0.6) is 0 Å². The monoisotopic (exact) mass is 429 g/mol. The molecule has 0 aromatic rings. The van der Waals surface area contributed by atoms with Crippen LogP contribution >= 0.6 is 0 Å². The second-order valence-electron chi connectivity index (χ2n) is 6.64. The van der Waals surface area contributed by atoms with Crippen molar-refractivity contribution in [2.45, 2.75) is 32.5 Å². The first-order valence-electron chi connectivity index (χ1n) is 9.34. The van der Waals surface area contributed by atoms with E-state index in [0.29, 0.717) is 59.5 Å². The molecule has 1 amide bonds. The number of hydrogen-bond donors (Lipinski definition) is 5. The van der Waals surface area contributed by atoms with Crippen molar-refractivity contribution in [2.75, 3.05) is 72.7 Å². The molecule has 1 unspecified atom stereocenters. The average molecular weight is 430 g/mol. The molecule has 0 bridgehead atoms. The lowest BCUT2D eigenvalue weighted by molar-refractivity contribution is -0.0213. The van der Waals surface area contributed by atoms with Gasteiger partial charge in [0.1, 0.15) is 6.23 Å². The molecule has 7 N–H and O–H groups in total. The Morgan fingerprint density at radius 1 is 0.862 bits per heavy atom. The molecule has 12 heteroatoms. The predicted octanol–water partition coefficient (Wildman–Crippen LogP) is -1.02. The van der Waals surface area contributed by atoms with Crippen LogP contribution < -0.4 is 11.6 Å². The smallest absolute Gasteiger partial charge is 0.422 e. The molecule has 0 rings (SSSR count). The number of aliphatic hydroxyl groups is 2. The summed E-state index contributed by atoms with van der Waals surface area (Å²) in [6.45, 7) is 9.41. The van der Waals surface area contributed by atoms with Gasteiger partial charge in [-0.25, -0.2) is 15.6 Å². The predicted molar refractivity (Wildman–Crippen MR) is 105 cm³/mol. The zero-order valence-electron chi connectivity index (χ0n) is 17.7. The van der Waals surface area contributed by atoms with Crippen molar-refractivity contribution in [1.29, 1.82) is 0 Å². The molecule has 0 spiro atoms. The molecule has 0 aliphatic rings. The van der Waals surface area contributed by atoms with Crippen LogP contribution in [-0.4, -0.2) is 111 Å². The first kappa shape index (κ1) is 30.1. The Morgan fingerprint density at radius 2 is 1.21 bits per heavy atom. The minimum absolute atomic E-state index is 0.0287. The molecule has 0 aliphatic carbocycles. The molecule has 1 atom stereocenters. The molecule has 0 aliphatic heterocycles. The van der Waals surface area contributed by atoms with E-state index >= 15 is 0 Å². The topological polar surface area (TPSA) is 179 Å². The molecule has 0 saturated carbocycles. The molecule has 29 heavy (non-hydrogen) atoms. The summed E-state index contributed by atoms with van der Waals surface area (Å²) in [5.41, 5.74) is 4.58. The zero-order chi connectivity index (χ0) is 22.5. The fourth-order valence-electron chi connectivity index (χ4n) is 1.44. The van der Waals surface area contributed by atoms with Crippen molar-refractivity contribution in [3.8, 4) is 0 Å². The number of aliphatic hydroxyl groups excluding tert-OH is 2. The Kier molecular flexibility index (Phi) is 21.0. The highest BCUT2D eigenvalue weighted by Gasteiger charge is 2.21. The van der Waals surface area contributed by atoms with Crippen LogP contribution in [0.15, 0.2) is 0 Å². The third-order valence-electron chi connectivity index (χ3n) is 2.94. The second kappa shape index (κ2) is 20.2. The maximum atomic E-state index is 10.1. The number of nitrogens with zero attached hydrogens (tertiary/aromatic N) is 1. The van der Waals surface area contributed by atoms with Crippen LogP contribution in [0.4, 0.5) is 4.79 Å². The number of ether oxygens (including phenoxy) is 5. The van der Waals surface area contributed by atoms with Crippen LogP contribution in [0.3, 0.4) is 0 Å². The van der Waals surface area contributed by atoms with E-state index in [-0.39, 0.29) is 13.2 Å². The average Bonchev–Trinajstić information content (AvgIpc) is 2.63. The largest absolute Gasteiger partial charge is 0.464 e. The minimum Gasteiger partial charge on any atom is -0.464 e. The molecule has 0 radical (unpaired) electrons. The maximum absolute atomic E-state index is 10.1. The number of rotatable bonds is 16. The Morgan fingerprint density at radius 3 is 1.45 bits per heavy atom. The third-order valence-corrected chi connectivity index (χ3v) is 2.94. The van der Waals surface area contributed by atoms with Crippen LogP contribution in [-0.2, 0) is 23.7 Å². The fourth-order valence-corrected chi connectivity index (χ4v) is 1.44. The van der Waals surface area contributed by atoms with Gasteiger partial charge in [0.15, 0.2) is 0 Å². The zero-order valence-corrected chi connectivity index (χ0v) is 17.7. The van der Waals surface area contributed by atoms with Crippen molar-refractivity contribution in [3.05, 3.63) is 0 Å². The van der Waals surface area contributed by atoms with Crippen LogP contribution in [0.25, 0.3) is 0 Å². The van der Waals surface area contributed by atoms with E-state index in [2.05, 4.69) is 0 Å². The van der Waals surface area contributed by atoms with Crippen LogP contribution in [0, 0.1) is 0 Å². The first-order chi connectivity index (χ1) is 13.6. The van der Waals surface area contributed by atoms with Gasteiger partial charge in [0.05, 0.1) is 78.2 Å². The fraction of sp³-hybridized carbons (Fsp3) is 0.941. The van der Waals surface area contributed by atoms with Gasteiger partial charge in [-0.3, -0.25) is 0 Å². The molecule has 0 heterocycles. The van der Waals surface area contributed by atoms with Gasteiger partial charge in [0.2, 0.25) is 0 Å². The number of carbonyl (C=O) groups is 1. The normalized spacial score (nSPS) is 12.2. The lowest BCUT2D eigenvalue weighted by atomic mass is 10.1. The summed E-state index contributed by atoms with van der Waals surface area (Å²) >= 11 is 0. The van der Waals surface area contributed by atoms with E-state index < -0.39 is 17.9 Å². The van der Waals surface area contributed by atoms with Crippen molar-refractivity contribution in [1.82, 2.24) is 5.01 Å². The van der Waals surface area contributed by atoms with Gasteiger partial charge in [-0.05, 0) is 20.8 Å². The van der Waals surface area contributed by atoms with Crippen LogP contribution in [0.2, 0.25) is 0 Å². The van der Waals surface area contributed by atoms with Gasteiger partial charge in [0.25, 0.3) is 0 Å². The van der Waals surface area contributed by atoms with Gasteiger partial charge >= 0.3 is 6.09 Å². The lowest BCUT2D eigenvalue weighted by Gasteiger charge is -2.27. The Hall–Kier alpha value is -1.09. The Balaban J connectivity index is 0. The van der Waals surface area contributed by atoms with Crippen molar-refractivity contribution < 1.29 is 43.8 Å².